The van der Waals surface area contributed by atoms with E-state index >= 15 is 0 Å². The quantitative estimate of drug-likeness (QED) is 0.415. The Bertz CT molecular complexity index is 1300. The van der Waals surface area contributed by atoms with Gasteiger partial charge in [0.1, 0.15) is 11.5 Å². The predicted molar refractivity (Wildman–Crippen MR) is 129 cm³/mol. The zero-order valence-corrected chi connectivity index (χ0v) is 20.6. The molecule has 4 rings (SSSR count). The highest BCUT2D eigenvalue weighted by Gasteiger charge is 2.33. The molecule has 0 aliphatic carbocycles. The minimum Gasteiger partial charge on any atom is -0.497 e. The largest absolute Gasteiger partial charge is 0.497 e. The second kappa shape index (κ2) is 9.42. The molecule has 0 amide bonds. The molecule has 0 bridgehead atoms. The van der Waals surface area contributed by atoms with Crippen molar-refractivity contribution in [3.05, 3.63) is 70.2 Å². The first-order valence-corrected chi connectivity index (χ1v) is 11.4. The van der Waals surface area contributed by atoms with Crippen LogP contribution in [0, 0.1) is 5.92 Å². The maximum atomic E-state index is 13.1. The molecule has 180 valence electrons. The zero-order valence-electron chi connectivity index (χ0n) is 20.6. The lowest BCUT2D eigenvalue weighted by atomic mass is 9.99. The normalized spacial score (nSPS) is 13.2. The average Bonchev–Trinajstić information content (AvgIpc) is 3.46. The van der Waals surface area contributed by atoms with Gasteiger partial charge in [-0.25, -0.2) is 4.68 Å². The van der Waals surface area contributed by atoms with Crippen molar-refractivity contribution in [3.8, 4) is 5.75 Å². The third-order valence-corrected chi connectivity index (χ3v) is 5.86. The Morgan fingerprint density at radius 3 is 2.62 bits per heavy atom. The number of nitrogens with one attached hydrogen (secondary N) is 1. The summed E-state index contributed by atoms with van der Waals surface area (Å²) in [5.41, 5.74) is 0.970. The van der Waals surface area contributed by atoms with E-state index in [4.69, 9.17) is 9.15 Å². The number of benzene rings is 1. The van der Waals surface area contributed by atoms with E-state index in [1.165, 1.54) is 0 Å². The smallest absolute Gasteiger partial charge is 0.252 e. The number of tetrazole rings is 1. The number of hydrogen-bond acceptors (Lipinski definition) is 7. The van der Waals surface area contributed by atoms with Crippen LogP contribution in [0.15, 0.2) is 51.9 Å². The number of methoxy groups -OCH3 is 1. The number of nitrogens with zero attached hydrogens (tertiary/aromatic N) is 5. The number of H-pyrrole nitrogens is 1. The van der Waals surface area contributed by atoms with Gasteiger partial charge >= 0.3 is 0 Å². The molecule has 0 saturated heterocycles. The number of aromatic amines is 1. The second-order valence-corrected chi connectivity index (χ2v) is 9.87. The molecule has 0 fully saturated rings. The Morgan fingerprint density at radius 1 is 1.18 bits per heavy atom. The highest BCUT2D eigenvalue weighted by Crippen LogP contribution is 2.32. The first-order chi connectivity index (χ1) is 16.2. The number of fused-ring (bicyclic) bond motifs is 1. The molecule has 0 aliphatic heterocycles. The van der Waals surface area contributed by atoms with Crippen molar-refractivity contribution in [2.75, 3.05) is 7.11 Å². The van der Waals surface area contributed by atoms with Gasteiger partial charge in [0.25, 0.3) is 5.56 Å². The minimum atomic E-state index is -0.290. The van der Waals surface area contributed by atoms with Gasteiger partial charge in [-0.2, -0.15) is 0 Å². The highest BCUT2D eigenvalue weighted by atomic mass is 16.5. The second-order valence-electron chi connectivity index (χ2n) is 9.87. The summed E-state index contributed by atoms with van der Waals surface area (Å²) in [6.45, 7) is 11.4. The van der Waals surface area contributed by atoms with Crippen LogP contribution in [-0.2, 0) is 18.6 Å². The predicted octanol–water partition coefficient (Wildman–Crippen LogP) is 4.27. The van der Waals surface area contributed by atoms with Crippen molar-refractivity contribution >= 4 is 10.9 Å². The van der Waals surface area contributed by atoms with Gasteiger partial charge in [0.2, 0.25) is 0 Å². The standard InChI is InChI=1S/C25H32N6O3/c1-16(2)22(23-27-28-29-31(23)25(3,4)5)30(15-20-8-7-11-34-20)14-18-12-17-9-10-19(33-6)13-21(17)26-24(18)32/h7-13,16,22H,14-15H2,1-6H3,(H,26,32)/t22-/m0/s1. The van der Waals surface area contributed by atoms with Crippen LogP contribution in [0.5, 0.6) is 5.75 Å². The van der Waals surface area contributed by atoms with Crippen LogP contribution in [0.4, 0.5) is 0 Å². The van der Waals surface area contributed by atoms with E-state index in [9.17, 15) is 4.79 Å². The molecule has 0 spiro atoms. The number of ether oxygens (including phenoxy) is 1. The molecule has 9 nitrogen and oxygen atoms in total. The van der Waals surface area contributed by atoms with Crippen molar-refractivity contribution < 1.29 is 9.15 Å². The van der Waals surface area contributed by atoms with Gasteiger partial charge in [0, 0.05) is 18.2 Å². The molecular formula is C25H32N6O3. The van der Waals surface area contributed by atoms with E-state index in [1.54, 1.807) is 13.4 Å². The number of hydrogen-bond donors (Lipinski definition) is 1. The monoisotopic (exact) mass is 464 g/mol. The fraction of sp³-hybridized carbons (Fsp3) is 0.440. The fourth-order valence-corrected chi connectivity index (χ4v) is 4.28. The molecule has 3 aromatic heterocycles. The van der Waals surface area contributed by atoms with E-state index < -0.39 is 0 Å². The molecule has 0 unspecified atom stereocenters. The van der Waals surface area contributed by atoms with Crippen LogP contribution >= 0.6 is 0 Å². The Morgan fingerprint density at radius 2 is 1.97 bits per heavy atom. The molecular weight excluding hydrogens is 432 g/mol. The van der Waals surface area contributed by atoms with Crippen molar-refractivity contribution in [1.29, 1.82) is 0 Å². The van der Waals surface area contributed by atoms with E-state index in [0.717, 1.165) is 22.5 Å². The molecule has 1 aromatic carbocycles. The molecule has 34 heavy (non-hydrogen) atoms. The number of furan rings is 1. The van der Waals surface area contributed by atoms with Gasteiger partial charge in [-0.05, 0) is 72.8 Å². The Hall–Kier alpha value is -3.46. The van der Waals surface area contributed by atoms with Crippen LogP contribution in [-0.4, -0.2) is 37.2 Å². The van der Waals surface area contributed by atoms with Crippen LogP contribution in [0.3, 0.4) is 0 Å². The average molecular weight is 465 g/mol. The maximum Gasteiger partial charge on any atom is 0.252 e. The van der Waals surface area contributed by atoms with Gasteiger partial charge in [-0.3, -0.25) is 9.69 Å². The summed E-state index contributed by atoms with van der Waals surface area (Å²) in [6, 6.07) is 11.3. The van der Waals surface area contributed by atoms with Crippen LogP contribution in [0.2, 0.25) is 0 Å². The first kappa shape index (κ1) is 23.7. The summed E-state index contributed by atoms with van der Waals surface area (Å²) >= 11 is 0. The van der Waals surface area contributed by atoms with Crippen LogP contribution in [0.25, 0.3) is 10.9 Å². The van der Waals surface area contributed by atoms with E-state index in [1.807, 2.05) is 41.1 Å². The van der Waals surface area contributed by atoms with Gasteiger partial charge in [0.15, 0.2) is 5.82 Å². The number of rotatable bonds is 8. The summed E-state index contributed by atoms with van der Waals surface area (Å²) in [5.74, 6) is 2.44. The van der Waals surface area contributed by atoms with Crippen LogP contribution < -0.4 is 10.3 Å². The summed E-state index contributed by atoms with van der Waals surface area (Å²) in [7, 11) is 1.61. The van der Waals surface area contributed by atoms with Crippen molar-refractivity contribution in [2.45, 2.75) is 59.3 Å². The Balaban J connectivity index is 1.78. The van der Waals surface area contributed by atoms with E-state index in [0.29, 0.717) is 24.4 Å². The molecule has 3 heterocycles. The third-order valence-electron chi connectivity index (χ3n) is 5.86. The van der Waals surface area contributed by atoms with E-state index in [-0.39, 0.29) is 23.1 Å². The van der Waals surface area contributed by atoms with Crippen molar-refractivity contribution in [2.24, 2.45) is 5.92 Å². The van der Waals surface area contributed by atoms with Crippen molar-refractivity contribution in [3.63, 3.8) is 0 Å². The Kier molecular flexibility index (Phi) is 6.56. The summed E-state index contributed by atoms with van der Waals surface area (Å²) < 4.78 is 12.8. The Labute approximate surface area is 198 Å². The molecule has 1 atom stereocenters. The molecule has 1 N–H and O–H groups in total. The minimum absolute atomic E-state index is 0.136. The SMILES string of the molecule is COc1ccc2cc(CN(Cc3ccco3)[C@H](c3nnnn3C(C)(C)C)C(C)C)c(=O)[nH]c2c1. The summed E-state index contributed by atoms with van der Waals surface area (Å²) in [4.78, 5) is 18.3. The van der Waals surface area contributed by atoms with Crippen molar-refractivity contribution in [1.82, 2.24) is 30.1 Å². The first-order valence-electron chi connectivity index (χ1n) is 11.4. The zero-order chi connectivity index (χ0) is 24.5. The fourth-order valence-electron chi connectivity index (χ4n) is 4.28. The van der Waals surface area contributed by atoms with E-state index in [2.05, 4.69) is 60.0 Å². The molecule has 9 heteroatoms. The summed E-state index contributed by atoms with van der Waals surface area (Å²) in [5, 5.41) is 13.6. The van der Waals surface area contributed by atoms with Crippen LogP contribution in [0.1, 0.15) is 57.8 Å². The lowest BCUT2D eigenvalue weighted by molar-refractivity contribution is 0.111. The molecule has 0 saturated carbocycles. The lowest BCUT2D eigenvalue weighted by Gasteiger charge is -2.34. The number of pyridine rings is 1. The highest BCUT2D eigenvalue weighted by molar-refractivity contribution is 5.80. The van der Waals surface area contributed by atoms with Gasteiger partial charge in [-0.15, -0.1) is 5.10 Å². The topological polar surface area (TPSA) is 102 Å². The van der Waals surface area contributed by atoms with Gasteiger partial charge in [-0.1, -0.05) is 13.8 Å². The summed E-state index contributed by atoms with van der Waals surface area (Å²) in [6.07, 6.45) is 1.66. The maximum absolute atomic E-state index is 13.1. The van der Waals surface area contributed by atoms with Gasteiger partial charge < -0.3 is 14.1 Å². The number of aromatic nitrogens is 5. The molecule has 4 aromatic rings. The molecule has 0 radical (unpaired) electrons. The van der Waals surface area contributed by atoms with Gasteiger partial charge in [0.05, 0.1) is 37.0 Å². The lowest BCUT2D eigenvalue weighted by Crippen LogP contribution is -2.37. The third kappa shape index (κ3) is 4.89. The molecule has 0 aliphatic rings.